The van der Waals surface area contributed by atoms with Crippen LogP contribution in [-0.4, -0.2) is 17.5 Å². The number of Topliss-reactive ketones (excluding diaryl/α,β-unsaturated/α-hetero) is 1. The Morgan fingerprint density at radius 2 is 1.81 bits per heavy atom. The molecule has 0 heterocycles. The van der Waals surface area contributed by atoms with Gasteiger partial charge in [-0.05, 0) is 39.3 Å². The minimum Gasteiger partial charge on any atom is -0.508 e. The molecule has 1 aromatic carbocycles. The molecule has 0 aliphatic rings. The molecule has 0 aliphatic heterocycles. The SMILES string of the molecule is CCC(=O)CC.CCOc1cccc(O)c1CC=C(C)C. The van der Waals surface area contributed by atoms with Crippen LogP contribution in [0.4, 0.5) is 0 Å². The second kappa shape index (κ2) is 11.0. The van der Waals surface area contributed by atoms with E-state index in [0.717, 1.165) is 11.3 Å². The maximum absolute atomic E-state index is 10.2. The molecule has 0 saturated carbocycles. The van der Waals surface area contributed by atoms with Crippen LogP contribution in [0.3, 0.4) is 0 Å². The van der Waals surface area contributed by atoms with Gasteiger partial charge in [-0.2, -0.15) is 0 Å². The van der Waals surface area contributed by atoms with Gasteiger partial charge in [0.15, 0.2) is 0 Å². The van der Waals surface area contributed by atoms with Crippen LogP contribution in [0.15, 0.2) is 29.8 Å². The van der Waals surface area contributed by atoms with Gasteiger partial charge in [0.05, 0.1) is 6.61 Å². The van der Waals surface area contributed by atoms with E-state index in [0.29, 0.717) is 37.4 Å². The van der Waals surface area contributed by atoms with Crippen molar-refractivity contribution in [2.24, 2.45) is 0 Å². The van der Waals surface area contributed by atoms with Gasteiger partial charge in [-0.25, -0.2) is 0 Å². The lowest BCUT2D eigenvalue weighted by molar-refractivity contribution is -0.118. The van der Waals surface area contributed by atoms with E-state index in [2.05, 4.69) is 6.08 Å². The van der Waals surface area contributed by atoms with Crippen molar-refractivity contribution in [3.05, 3.63) is 35.4 Å². The Labute approximate surface area is 128 Å². The highest BCUT2D eigenvalue weighted by Gasteiger charge is 2.06. The van der Waals surface area contributed by atoms with Gasteiger partial charge in [0.1, 0.15) is 17.3 Å². The van der Waals surface area contributed by atoms with Crippen molar-refractivity contribution in [2.45, 2.75) is 53.9 Å². The van der Waals surface area contributed by atoms with Gasteiger partial charge in [0, 0.05) is 18.4 Å². The van der Waals surface area contributed by atoms with Crippen molar-refractivity contribution in [3.63, 3.8) is 0 Å². The number of phenolic OH excluding ortho intramolecular Hbond substituents is 1. The van der Waals surface area contributed by atoms with Gasteiger partial charge in [0.25, 0.3) is 0 Å². The summed E-state index contributed by atoms with van der Waals surface area (Å²) in [6.07, 6.45) is 4.18. The van der Waals surface area contributed by atoms with Crippen LogP contribution in [0.2, 0.25) is 0 Å². The lowest BCUT2D eigenvalue weighted by Gasteiger charge is -2.10. The first kappa shape index (κ1) is 19.2. The molecule has 0 spiro atoms. The second-order valence-corrected chi connectivity index (χ2v) is 4.92. The van der Waals surface area contributed by atoms with E-state index in [1.165, 1.54) is 5.57 Å². The second-order valence-electron chi connectivity index (χ2n) is 4.92. The number of carbonyl (C=O) groups is 1. The Kier molecular flexibility index (Phi) is 10.0. The molecule has 0 saturated heterocycles. The highest BCUT2D eigenvalue weighted by Crippen LogP contribution is 2.28. The first-order valence-electron chi connectivity index (χ1n) is 7.54. The van der Waals surface area contributed by atoms with E-state index in [1.54, 1.807) is 12.1 Å². The molecule has 1 aromatic rings. The van der Waals surface area contributed by atoms with Crippen LogP contribution in [-0.2, 0) is 11.2 Å². The third-order valence-electron chi connectivity index (χ3n) is 2.91. The van der Waals surface area contributed by atoms with Gasteiger partial charge in [-0.3, -0.25) is 4.79 Å². The average molecular weight is 292 g/mol. The van der Waals surface area contributed by atoms with Crippen LogP contribution in [0.1, 0.15) is 53.0 Å². The number of hydrogen-bond acceptors (Lipinski definition) is 3. The predicted octanol–water partition coefficient (Wildman–Crippen LogP) is 4.68. The van der Waals surface area contributed by atoms with Crippen LogP contribution < -0.4 is 4.74 Å². The van der Waals surface area contributed by atoms with Gasteiger partial charge in [-0.15, -0.1) is 0 Å². The highest BCUT2D eigenvalue weighted by molar-refractivity contribution is 5.77. The smallest absolute Gasteiger partial charge is 0.132 e. The van der Waals surface area contributed by atoms with Crippen molar-refractivity contribution >= 4 is 5.78 Å². The molecule has 0 amide bonds. The van der Waals surface area contributed by atoms with E-state index in [4.69, 9.17) is 4.74 Å². The number of allylic oxidation sites excluding steroid dienone is 2. The summed E-state index contributed by atoms with van der Waals surface area (Å²) >= 11 is 0. The van der Waals surface area contributed by atoms with Crippen molar-refractivity contribution in [2.75, 3.05) is 6.61 Å². The molecule has 0 unspecified atom stereocenters. The van der Waals surface area contributed by atoms with Crippen LogP contribution >= 0.6 is 0 Å². The summed E-state index contributed by atoms with van der Waals surface area (Å²) in [4.78, 5) is 10.2. The number of ether oxygens (including phenoxy) is 1. The third-order valence-corrected chi connectivity index (χ3v) is 2.91. The Balaban J connectivity index is 0.000000567. The van der Waals surface area contributed by atoms with Crippen LogP contribution in [0.5, 0.6) is 11.5 Å². The maximum atomic E-state index is 10.2. The first-order valence-corrected chi connectivity index (χ1v) is 7.54. The summed E-state index contributed by atoms with van der Waals surface area (Å²) in [6.45, 7) is 10.4. The summed E-state index contributed by atoms with van der Waals surface area (Å²) in [6, 6.07) is 5.38. The number of ketones is 1. The zero-order valence-electron chi connectivity index (χ0n) is 13.9. The monoisotopic (exact) mass is 292 g/mol. The minimum absolute atomic E-state index is 0.304. The van der Waals surface area contributed by atoms with E-state index in [9.17, 15) is 9.90 Å². The standard InChI is InChI=1S/C13H18O2.C5H10O/c1-4-15-13-7-5-6-12(14)11(13)9-8-10(2)3;1-3-5(6)4-2/h5-8,14H,4,9H2,1-3H3;3-4H2,1-2H3. The molecule has 0 atom stereocenters. The fraction of sp³-hybridized carbons (Fsp3) is 0.500. The van der Waals surface area contributed by atoms with E-state index in [-0.39, 0.29) is 0 Å². The van der Waals surface area contributed by atoms with Crippen molar-refractivity contribution in [1.29, 1.82) is 0 Å². The Morgan fingerprint density at radius 3 is 2.24 bits per heavy atom. The molecule has 0 aliphatic carbocycles. The zero-order chi connectivity index (χ0) is 16.3. The zero-order valence-corrected chi connectivity index (χ0v) is 13.9. The number of benzene rings is 1. The first-order chi connectivity index (χ1) is 9.96. The lowest BCUT2D eigenvalue weighted by Crippen LogP contribution is -1.96. The van der Waals surface area contributed by atoms with Crippen molar-refractivity contribution in [1.82, 2.24) is 0 Å². The third kappa shape index (κ3) is 8.18. The molecule has 0 bridgehead atoms. The number of phenols is 1. The van der Waals surface area contributed by atoms with Gasteiger partial charge in [0.2, 0.25) is 0 Å². The van der Waals surface area contributed by atoms with E-state index in [1.807, 2.05) is 40.7 Å². The fourth-order valence-corrected chi connectivity index (χ4v) is 1.61. The molecule has 3 heteroatoms. The molecular weight excluding hydrogens is 264 g/mol. The fourth-order valence-electron chi connectivity index (χ4n) is 1.61. The molecule has 118 valence electrons. The number of rotatable bonds is 6. The molecule has 1 rings (SSSR count). The molecule has 3 nitrogen and oxygen atoms in total. The van der Waals surface area contributed by atoms with Crippen LogP contribution in [0, 0.1) is 0 Å². The lowest BCUT2D eigenvalue weighted by atomic mass is 10.1. The van der Waals surface area contributed by atoms with Gasteiger partial charge >= 0.3 is 0 Å². The number of hydrogen-bond donors (Lipinski definition) is 1. The van der Waals surface area contributed by atoms with Crippen molar-refractivity contribution < 1.29 is 14.6 Å². The maximum Gasteiger partial charge on any atom is 0.132 e. The van der Waals surface area contributed by atoms with Gasteiger partial charge in [-0.1, -0.05) is 31.6 Å². The topological polar surface area (TPSA) is 46.5 Å². The number of carbonyl (C=O) groups excluding carboxylic acids is 1. The Hall–Kier alpha value is -1.77. The Bertz CT molecular complexity index is 452. The van der Waals surface area contributed by atoms with Gasteiger partial charge < -0.3 is 9.84 Å². The molecule has 0 radical (unpaired) electrons. The summed E-state index contributed by atoms with van der Waals surface area (Å²) in [5.41, 5.74) is 2.10. The van der Waals surface area contributed by atoms with Crippen molar-refractivity contribution in [3.8, 4) is 11.5 Å². The van der Waals surface area contributed by atoms with E-state index >= 15 is 0 Å². The molecular formula is C18H28O3. The Morgan fingerprint density at radius 1 is 1.19 bits per heavy atom. The van der Waals surface area contributed by atoms with Crippen LogP contribution in [0.25, 0.3) is 0 Å². The summed E-state index contributed by atoms with van der Waals surface area (Å²) in [5.74, 6) is 1.42. The normalized spacial score (nSPS) is 9.38. The molecule has 21 heavy (non-hydrogen) atoms. The predicted molar refractivity (Wildman–Crippen MR) is 88.0 cm³/mol. The molecule has 0 aromatic heterocycles. The van der Waals surface area contributed by atoms with E-state index < -0.39 is 0 Å². The molecule has 1 N–H and O–H groups in total. The quantitative estimate of drug-likeness (QED) is 0.775. The average Bonchev–Trinajstić information content (AvgIpc) is 2.46. The summed E-state index contributed by atoms with van der Waals surface area (Å²) in [7, 11) is 0. The number of aromatic hydroxyl groups is 1. The summed E-state index contributed by atoms with van der Waals surface area (Å²) in [5, 5.41) is 9.72. The highest BCUT2D eigenvalue weighted by atomic mass is 16.5. The minimum atomic E-state index is 0.304. The summed E-state index contributed by atoms with van der Waals surface area (Å²) < 4.78 is 5.46. The molecule has 0 fully saturated rings. The largest absolute Gasteiger partial charge is 0.508 e.